The van der Waals surface area contributed by atoms with Crippen molar-refractivity contribution >= 4 is 21.2 Å². The minimum atomic E-state index is -2.87. The summed E-state index contributed by atoms with van der Waals surface area (Å²) >= 11 is 0. The van der Waals surface area contributed by atoms with Crippen LogP contribution in [0.1, 0.15) is 0 Å². The first-order chi connectivity index (χ1) is 4.20. The summed E-state index contributed by atoms with van der Waals surface area (Å²) < 4.78 is 18.2. The Kier molecular flexibility index (Phi) is 0.528. The molecule has 0 aromatic rings. The standard InChI is InChI=1S/C2H2N2O4Si/c3-1-5-9(6-1)7-2(4)8-9/h3-4H. The molecule has 0 atom stereocenters. The predicted molar refractivity (Wildman–Crippen MR) is 25.5 cm³/mol. The zero-order valence-electron chi connectivity index (χ0n) is 4.13. The Morgan fingerprint density at radius 1 is 0.889 bits per heavy atom. The zero-order chi connectivity index (χ0) is 6.48. The maximum atomic E-state index is 6.65. The van der Waals surface area contributed by atoms with Crippen molar-refractivity contribution < 1.29 is 17.7 Å². The van der Waals surface area contributed by atoms with E-state index < -0.39 is 9.05 Å². The van der Waals surface area contributed by atoms with Gasteiger partial charge in [-0.05, 0) is 0 Å². The summed E-state index contributed by atoms with van der Waals surface area (Å²) in [4.78, 5) is 0. The van der Waals surface area contributed by atoms with Gasteiger partial charge in [-0.2, -0.15) is 0 Å². The molecule has 2 rings (SSSR count). The number of rotatable bonds is 0. The second kappa shape index (κ2) is 1.03. The largest absolute Gasteiger partial charge is 0.979 e. The molecule has 2 heterocycles. The fourth-order valence-corrected chi connectivity index (χ4v) is 1.66. The Morgan fingerprint density at radius 2 is 1.22 bits per heavy atom. The lowest BCUT2D eigenvalue weighted by Gasteiger charge is -2.39. The van der Waals surface area contributed by atoms with Crippen LogP contribution >= 0.6 is 0 Å². The van der Waals surface area contributed by atoms with E-state index >= 15 is 0 Å². The fraction of sp³-hybridized carbons (Fsp3) is 0. The molecule has 0 bridgehead atoms. The second-order valence-electron chi connectivity index (χ2n) is 1.48. The van der Waals surface area contributed by atoms with Crippen LogP contribution in [0.3, 0.4) is 0 Å². The molecule has 0 unspecified atom stereocenters. The van der Waals surface area contributed by atoms with E-state index in [9.17, 15) is 0 Å². The quantitative estimate of drug-likeness (QED) is 0.446. The molecule has 0 amide bonds. The molecule has 2 saturated heterocycles. The number of hydrogen-bond acceptors (Lipinski definition) is 6. The molecule has 1 spiro atoms. The van der Waals surface area contributed by atoms with Gasteiger partial charge in [-0.25, -0.2) is 10.8 Å². The van der Waals surface area contributed by atoms with Gasteiger partial charge >= 0.3 is 21.2 Å². The Morgan fingerprint density at radius 3 is 1.44 bits per heavy atom. The van der Waals surface area contributed by atoms with E-state index in [0.29, 0.717) is 0 Å². The van der Waals surface area contributed by atoms with Crippen LogP contribution in [-0.2, 0) is 17.7 Å². The average molecular weight is 146 g/mol. The summed E-state index contributed by atoms with van der Waals surface area (Å²) in [6.45, 7) is 0. The molecule has 48 valence electrons. The van der Waals surface area contributed by atoms with Crippen LogP contribution in [0, 0.1) is 10.8 Å². The van der Waals surface area contributed by atoms with Crippen molar-refractivity contribution in [3.63, 3.8) is 0 Å². The molecule has 0 aromatic carbocycles. The van der Waals surface area contributed by atoms with Crippen molar-refractivity contribution in [2.24, 2.45) is 0 Å². The maximum absolute atomic E-state index is 6.65. The Labute approximate surface area is 50.8 Å². The highest BCUT2D eigenvalue weighted by atomic mass is 28.4. The summed E-state index contributed by atoms with van der Waals surface area (Å²) in [5.41, 5.74) is 0. The van der Waals surface area contributed by atoms with Crippen molar-refractivity contribution in [3.8, 4) is 0 Å². The van der Waals surface area contributed by atoms with Gasteiger partial charge in [-0.1, -0.05) is 0 Å². The van der Waals surface area contributed by atoms with Gasteiger partial charge in [0.2, 0.25) is 0 Å². The normalized spacial score (nSPS) is 36.9. The van der Waals surface area contributed by atoms with Crippen molar-refractivity contribution in [3.05, 3.63) is 0 Å². The predicted octanol–water partition coefficient (Wildman–Crippen LogP) is -0.615. The van der Waals surface area contributed by atoms with Crippen molar-refractivity contribution in [2.75, 3.05) is 0 Å². The van der Waals surface area contributed by atoms with Crippen LogP contribution in [0.15, 0.2) is 0 Å². The molecular formula is C2H2N2O4Si. The van der Waals surface area contributed by atoms with Gasteiger partial charge in [-0.3, -0.25) is 0 Å². The molecule has 0 radical (unpaired) electrons. The van der Waals surface area contributed by atoms with Crippen molar-refractivity contribution in [2.45, 2.75) is 0 Å². The van der Waals surface area contributed by atoms with E-state index in [2.05, 4.69) is 17.7 Å². The molecule has 0 aliphatic carbocycles. The lowest BCUT2D eigenvalue weighted by Crippen LogP contribution is -2.69. The molecule has 2 aliphatic rings. The van der Waals surface area contributed by atoms with Gasteiger partial charge in [0.1, 0.15) is 0 Å². The van der Waals surface area contributed by atoms with Crippen LogP contribution in [0.4, 0.5) is 0 Å². The highest BCUT2D eigenvalue weighted by Gasteiger charge is 2.75. The van der Waals surface area contributed by atoms with E-state index in [4.69, 9.17) is 10.8 Å². The Balaban J connectivity index is 2.01. The van der Waals surface area contributed by atoms with Gasteiger partial charge in [0, 0.05) is 0 Å². The zero-order valence-corrected chi connectivity index (χ0v) is 5.13. The van der Waals surface area contributed by atoms with Crippen molar-refractivity contribution in [1.29, 1.82) is 10.8 Å². The Hall–Kier alpha value is -1.24. The summed E-state index contributed by atoms with van der Waals surface area (Å²) in [5, 5.41) is 13.3. The van der Waals surface area contributed by atoms with E-state index in [1.165, 1.54) is 0 Å². The van der Waals surface area contributed by atoms with E-state index in [1.807, 2.05) is 0 Å². The SMILES string of the molecule is N=C1O[Si]2(O1)OC(=N)O2. The summed E-state index contributed by atoms with van der Waals surface area (Å²) in [6, 6.07) is 0. The van der Waals surface area contributed by atoms with Gasteiger partial charge in [0.15, 0.2) is 0 Å². The molecule has 2 fully saturated rings. The summed E-state index contributed by atoms with van der Waals surface area (Å²) in [5.74, 6) is 0. The van der Waals surface area contributed by atoms with Gasteiger partial charge in [0.05, 0.1) is 0 Å². The third kappa shape index (κ3) is 0.435. The molecule has 0 saturated carbocycles. The highest BCUT2D eigenvalue weighted by molar-refractivity contribution is 6.68. The van der Waals surface area contributed by atoms with Crippen molar-refractivity contribution in [1.82, 2.24) is 0 Å². The minimum absolute atomic E-state index is 0.297. The lowest BCUT2D eigenvalue weighted by atomic mass is 11.4. The highest BCUT2D eigenvalue weighted by Crippen LogP contribution is 2.29. The molecular weight excluding hydrogens is 144 g/mol. The van der Waals surface area contributed by atoms with Gasteiger partial charge in [-0.15, -0.1) is 0 Å². The second-order valence-corrected chi connectivity index (χ2v) is 3.30. The van der Waals surface area contributed by atoms with Gasteiger partial charge < -0.3 is 17.7 Å². The van der Waals surface area contributed by atoms with Gasteiger partial charge in [0.25, 0.3) is 0 Å². The maximum Gasteiger partial charge on any atom is 0.979 e. The van der Waals surface area contributed by atoms with Crippen LogP contribution < -0.4 is 0 Å². The van der Waals surface area contributed by atoms with Crippen LogP contribution in [0.25, 0.3) is 0 Å². The molecule has 6 nitrogen and oxygen atoms in total. The minimum Gasteiger partial charge on any atom is -0.408 e. The summed E-state index contributed by atoms with van der Waals surface area (Å²) in [7, 11) is -2.87. The van der Waals surface area contributed by atoms with E-state index in [-0.39, 0.29) is 12.2 Å². The molecule has 9 heavy (non-hydrogen) atoms. The number of nitrogens with one attached hydrogen (secondary N) is 2. The first kappa shape index (κ1) is 4.62. The monoisotopic (exact) mass is 146 g/mol. The van der Waals surface area contributed by atoms with E-state index in [1.54, 1.807) is 0 Å². The molecule has 7 heteroatoms. The molecule has 2 aliphatic heterocycles. The topological polar surface area (TPSA) is 84.6 Å². The fourth-order valence-electron chi connectivity index (χ4n) is 0.553. The number of hydrogen-bond donors (Lipinski definition) is 2. The third-order valence-electron chi connectivity index (χ3n) is 0.871. The lowest BCUT2D eigenvalue weighted by molar-refractivity contribution is -0.0250. The molecule has 2 N–H and O–H groups in total. The summed E-state index contributed by atoms with van der Waals surface area (Å²) in [6.07, 6.45) is -0.594. The van der Waals surface area contributed by atoms with Crippen LogP contribution in [0.5, 0.6) is 0 Å². The average Bonchev–Trinajstić information content (AvgIpc) is 1.58. The smallest absolute Gasteiger partial charge is 0.408 e. The van der Waals surface area contributed by atoms with Crippen LogP contribution in [0.2, 0.25) is 0 Å². The third-order valence-corrected chi connectivity index (χ3v) is 2.61. The molecule has 0 aromatic heterocycles. The first-order valence-electron chi connectivity index (χ1n) is 2.13. The van der Waals surface area contributed by atoms with Crippen LogP contribution in [-0.4, -0.2) is 21.2 Å². The first-order valence-corrected chi connectivity index (χ1v) is 3.77. The van der Waals surface area contributed by atoms with E-state index in [0.717, 1.165) is 0 Å². The Bertz CT molecular complexity index is 161.